The fourth-order valence-corrected chi connectivity index (χ4v) is 4.89. The quantitative estimate of drug-likeness (QED) is 0.635. The summed E-state index contributed by atoms with van der Waals surface area (Å²) in [6, 6.07) is 9.68. The molecule has 1 heterocycles. The van der Waals surface area contributed by atoms with Crippen LogP contribution in [0.4, 0.5) is 5.69 Å². The number of rotatable bonds is 6. The number of phenols is 1. The number of carbonyl (C=O) groups is 1. The van der Waals surface area contributed by atoms with Gasteiger partial charge in [0.05, 0.1) is 11.9 Å². The van der Waals surface area contributed by atoms with Crippen molar-refractivity contribution >= 4 is 31.9 Å². The smallest absolute Gasteiger partial charge is 0.326 e. The summed E-state index contributed by atoms with van der Waals surface area (Å²) in [5.41, 5.74) is 1.91. The highest BCUT2D eigenvalue weighted by Gasteiger charge is 2.35. The molecule has 3 rings (SSSR count). The summed E-state index contributed by atoms with van der Waals surface area (Å²) in [5, 5.41) is 10.4. The van der Waals surface area contributed by atoms with Crippen molar-refractivity contribution in [2.24, 2.45) is 0 Å². The van der Waals surface area contributed by atoms with Crippen molar-refractivity contribution in [3.05, 3.63) is 53.1 Å². The Hall–Kier alpha value is -2.79. The Morgan fingerprint density at radius 3 is 2.47 bits per heavy atom. The van der Waals surface area contributed by atoms with Gasteiger partial charge < -0.3 is 9.29 Å². The SMILES string of the molecule is CC(C)c1cccc(Cc2ccc(N3CC(=O)NS3(=O)=O)c(O)c2)c1OS(C)(=O)=O. The Balaban J connectivity index is 1.97. The topological polar surface area (TPSA) is 130 Å². The first-order chi connectivity index (χ1) is 13.9. The van der Waals surface area contributed by atoms with Crippen LogP contribution in [-0.2, 0) is 31.5 Å². The maximum Gasteiger partial charge on any atom is 0.326 e. The summed E-state index contributed by atoms with van der Waals surface area (Å²) in [7, 11) is -7.79. The van der Waals surface area contributed by atoms with Gasteiger partial charge in [-0.25, -0.2) is 9.03 Å². The number of phenolic OH excluding ortho intramolecular Hbond substituents is 1. The van der Waals surface area contributed by atoms with Crippen molar-refractivity contribution in [1.82, 2.24) is 4.72 Å². The molecule has 1 saturated heterocycles. The van der Waals surface area contributed by atoms with Gasteiger partial charge in [-0.2, -0.15) is 16.8 Å². The van der Waals surface area contributed by atoms with Crippen LogP contribution in [0, 0.1) is 0 Å². The molecular weight excluding hydrogens is 432 g/mol. The second kappa shape index (κ2) is 7.80. The van der Waals surface area contributed by atoms with Crippen molar-refractivity contribution in [2.45, 2.75) is 26.2 Å². The van der Waals surface area contributed by atoms with Crippen molar-refractivity contribution in [3.63, 3.8) is 0 Å². The molecular formula is C19H22N2O7S2. The Labute approximate surface area is 175 Å². The highest BCUT2D eigenvalue weighted by atomic mass is 32.2. The molecule has 11 heteroatoms. The van der Waals surface area contributed by atoms with Crippen LogP contribution in [0.5, 0.6) is 11.5 Å². The number of nitrogens with one attached hydrogen (secondary N) is 1. The van der Waals surface area contributed by atoms with E-state index in [1.807, 2.05) is 18.6 Å². The Morgan fingerprint density at radius 2 is 1.93 bits per heavy atom. The van der Waals surface area contributed by atoms with Crippen LogP contribution in [-0.4, -0.2) is 40.6 Å². The van der Waals surface area contributed by atoms with Crippen molar-refractivity contribution in [2.75, 3.05) is 17.1 Å². The van der Waals surface area contributed by atoms with E-state index in [2.05, 4.69) is 0 Å². The monoisotopic (exact) mass is 454 g/mol. The van der Waals surface area contributed by atoms with Crippen LogP contribution in [0.15, 0.2) is 36.4 Å². The van der Waals surface area contributed by atoms with Gasteiger partial charge in [-0.3, -0.25) is 4.79 Å². The number of hydrogen-bond acceptors (Lipinski definition) is 7. The van der Waals surface area contributed by atoms with E-state index in [4.69, 9.17) is 4.18 Å². The lowest BCUT2D eigenvalue weighted by Crippen LogP contribution is -2.29. The number of aromatic hydroxyl groups is 1. The maximum absolute atomic E-state index is 12.0. The van der Waals surface area contributed by atoms with Gasteiger partial charge in [0.15, 0.2) is 0 Å². The molecule has 1 fully saturated rings. The van der Waals surface area contributed by atoms with Crippen LogP contribution < -0.4 is 13.2 Å². The van der Waals surface area contributed by atoms with Gasteiger partial charge in [0.2, 0.25) is 0 Å². The normalized spacial score (nSPS) is 16.0. The molecule has 1 aliphatic rings. The molecule has 0 spiro atoms. The molecule has 2 N–H and O–H groups in total. The molecule has 0 atom stereocenters. The van der Waals surface area contributed by atoms with E-state index < -0.39 is 32.8 Å². The molecule has 0 aromatic heterocycles. The molecule has 2 aromatic carbocycles. The summed E-state index contributed by atoms with van der Waals surface area (Å²) in [4.78, 5) is 11.4. The van der Waals surface area contributed by atoms with E-state index in [1.54, 1.807) is 24.3 Å². The number of carbonyl (C=O) groups excluding carboxylic acids is 1. The number of amides is 1. The molecule has 2 aromatic rings. The van der Waals surface area contributed by atoms with Gasteiger partial charge in [-0.05, 0) is 29.2 Å². The predicted molar refractivity (Wildman–Crippen MR) is 111 cm³/mol. The number of anilines is 1. The first kappa shape index (κ1) is 21.9. The third kappa shape index (κ3) is 4.68. The minimum Gasteiger partial charge on any atom is -0.506 e. The second-order valence-electron chi connectivity index (χ2n) is 7.31. The molecule has 9 nitrogen and oxygen atoms in total. The average Bonchev–Trinajstić information content (AvgIpc) is 2.87. The third-order valence-electron chi connectivity index (χ3n) is 4.51. The van der Waals surface area contributed by atoms with Crippen molar-refractivity contribution in [1.29, 1.82) is 0 Å². The van der Waals surface area contributed by atoms with Crippen LogP contribution in [0.2, 0.25) is 0 Å². The zero-order valence-electron chi connectivity index (χ0n) is 16.6. The van der Waals surface area contributed by atoms with Gasteiger partial charge in [0, 0.05) is 12.0 Å². The summed E-state index contributed by atoms with van der Waals surface area (Å²) in [5.74, 6) is -0.747. The van der Waals surface area contributed by atoms with E-state index in [9.17, 15) is 26.7 Å². The average molecular weight is 455 g/mol. The summed E-state index contributed by atoms with van der Waals surface area (Å²) < 4.78 is 55.4. The predicted octanol–water partition coefficient (Wildman–Crippen LogP) is 1.63. The lowest BCUT2D eigenvalue weighted by molar-refractivity contribution is -0.117. The molecule has 30 heavy (non-hydrogen) atoms. The van der Waals surface area contributed by atoms with Crippen molar-refractivity contribution < 1.29 is 30.9 Å². The van der Waals surface area contributed by atoms with Gasteiger partial charge in [-0.15, -0.1) is 0 Å². The van der Waals surface area contributed by atoms with E-state index in [0.29, 0.717) is 11.1 Å². The highest BCUT2D eigenvalue weighted by molar-refractivity contribution is 7.92. The first-order valence-electron chi connectivity index (χ1n) is 9.04. The standard InChI is InChI=1S/C19H22N2O7S2/c1-12(2)15-6-4-5-14(19(15)28-29(3,24)25)9-13-7-8-16(17(22)10-13)21-11-18(23)20-30(21,26)27/h4-8,10,12,22H,9,11H2,1-3H3,(H,20,23). The summed E-state index contributed by atoms with van der Waals surface area (Å²) in [6.07, 6.45) is 1.21. The van der Waals surface area contributed by atoms with Gasteiger partial charge in [0.1, 0.15) is 18.0 Å². The molecule has 0 aliphatic carbocycles. The van der Waals surface area contributed by atoms with Crippen LogP contribution >= 0.6 is 0 Å². The Bertz CT molecular complexity index is 1210. The molecule has 1 amide bonds. The number of nitrogens with zero attached hydrogens (tertiary/aromatic N) is 1. The lowest BCUT2D eigenvalue weighted by atomic mass is 9.96. The third-order valence-corrected chi connectivity index (χ3v) is 6.37. The molecule has 0 radical (unpaired) electrons. The number of hydrogen-bond donors (Lipinski definition) is 2. The maximum atomic E-state index is 12.0. The van der Waals surface area contributed by atoms with E-state index in [-0.39, 0.29) is 29.5 Å². The lowest BCUT2D eigenvalue weighted by Gasteiger charge is -2.18. The fraction of sp³-hybridized carbons (Fsp3) is 0.316. The molecule has 0 unspecified atom stereocenters. The second-order valence-corrected chi connectivity index (χ2v) is 10.5. The van der Waals surface area contributed by atoms with Crippen LogP contribution in [0.25, 0.3) is 0 Å². The molecule has 1 aliphatic heterocycles. The van der Waals surface area contributed by atoms with Crippen LogP contribution in [0.3, 0.4) is 0 Å². The Morgan fingerprint density at radius 1 is 1.23 bits per heavy atom. The van der Waals surface area contributed by atoms with E-state index >= 15 is 0 Å². The van der Waals surface area contributed by atoms with Gasteiger partial charge >= 0.3 is 20.3 Å². The summed E-state index contributed by atoms with van der Waals surface area (Å²) >= 11 is 0. The minimum absolute atomic E-state index is 0.0166. The van der Waals surface area contributed by atoms with Crippen LogP contribution in [0.1, 0.15) is 36.5 Å². The Kier molecular flexibility index (Phi) is 5.70. The van der Waals surface area contributed by atoms with Crippen molar-refractivity contribution in [3.8, 4) is 11.5 Å². The molecule has 0 bridgehead atoms. The number of benzene rings is 2. The zero-order valence-corrected chi connectivity index (χ0v) is 18.2. The van der Waals surface area contributed by atoms with Gasteiger partial charge in [-0.1, -0.05) is 38.1 Å². The summed E-state index contributed by atoms with van der Waals surface area (Å²) in [6.45, 7) is 3.42. The minimum atomic E-state index is -4.04. The van der Waals surface area contributed by atoms with Gasteiger partial charge in [0.25, 0.3) is 5.91 Å². The number of para-hydroxylation sites is 1. The van der Waals surface area contributed by atoms with E-state index in [1.165, 1.54) is 12.1 Å². The first-order valence-corrected chi connectivity index (χ1v) is 12.3. The fourth-order valence-electron chi connectivity index (χ4n) is 3.22. The van der Waals surface area contributed by atoms with E-state index in [0.717, 1.165) is 16.1 Å². The molecule has 162 valence electrons. The largest absolute Gasteiger partial charge is 0.506 e. The zero-order chi connectivity index (χ0) is 22.3. The molecule has 0 saturated carbocycles. The highest BCUT2D eigenvalue weighted by Crippen LogP contribution is 2.35.